The fourth-order valence-corrected chi connectivity index (χ4v) is 5.74. The van der Waals surface area contributed by atoms with E-state index in [9.17, 15) is 25.0 Å². The Kier molecular flexibility index (Phi) is 7.66. The van der Waals surface area contributed by atoms with Crippen molar-refractivity contribution in [2.45, 2.75) is 52.5 Å². The molecule has 37 heavy (non-hydrogen) atoms. The Morgan fingerprint density at radius 1 is 0.919 bits per heavy atom. The quantitative estimate of drug-likeness (QED) is 0.237. The normalized spacial score (nSPS) is 18.9. The Morgan fingerprint density at radius 3 is 2.03 bits per heavy atom. The van der Waals surface area contributed by atoms with E-state index in [-0.39, 0.29) is 23.2 Å². The van der Waals surface area contributed by atoms with Gasteiger partial charge in [-0.3, -0.25) is 25.0 Å². The maximum atomic E-state index is 14.7. The van der Waals surface area contributed by atoms with Crippen LogP contribution in [0.25, 0.3) is 0 Å². The van der Waals surface area contributed by atoms with Crippen LogP contribution < -0.4 is 4.90 Å². The van der Waals surface area contributed by atoms with Gasteiger partial charge in [-0.25, -0.2) is 0 Å². The van der Waals surface area contributed by atoms with Crippen LogP contribution in [0.3, 0.4) is 0 Å². The standard InChI is InChI=1S/C29H31N3O5/c1-3-24-8-6-18-29(24,19-22-10-14-25(15-11-22)31(34)35)28(33)30(27-9-5-4-7-21(27)2)20-23-12-16-26(17-13-23)32(36)37/h4-5,7,9-17,24H,3,6,8,18-20H2,1-2H3. The minimum atomic E-state index is -0.645. The molecule has 0 aromatic heterocycles. The second kappa shape index (κ2) is 10.9. The molecule has 1 aliphatic carbocycles. The van der Waals surface area contributed by atoms with Crippen LogP contribution in [0.4, 0.5) is 17.1 Å². The molecule has 1 aliphatic rings. The van der Waals surface area contributed by atoms with Crippen molar-refractivity contribution >= 4 is 23.0 Å². The van der Waals surface area contributed by atoms with Gasteiger partial charge in [-0.15, -0.1) is 0 Å². The highest BCUT2D eigenvalue weighted by Crippen LogP contribution is 2.49. The van der Waals surface area contributed by atoms with Crippen LogP contribution in [0.1, 0.15) is 49.3 Å². The summed E-state index contributed by atoms with van der Waals surface area (Å²) in [5.74, 6) is 0.210. The summed E-state index contributed by atoms with van der Waals surface area (Å²) < 4.78 is 0. The first kappa shape index (κ1) is 26.0. The minimum Gasteiger partial charge on any atom is -0.307 e. The molecule has 0 bridgehead atoms. The summed E-state index contributed by atoms with van der Waals surface area (Å²) in [6, 6.07) is 20.6. The third kappa shape index (κ3) is 5.38. The first-order valence-corrected chi connectivity index (χ1v) is 12.6. The summed E-state index contributed by atoms with van der Waals surface area (Å²) in [6.45, 7) is 4.38. The molecule has 3 aromatic rings. The number of nitrogens with zero attached hydrogens (tertiary/aromatic N) is 3. The number of rotatable bonds is 9. The largest absolute Gasteiger partial charge is 0.307 e. The lowest BCUT2D eigenvalue weighted by atomic mass is 9.70. The second-order valence-electron chi connectivity index (χ2n) is 9.86. The molecule has 4 rings (SSSR count). The number of nitro benzene ring substituents is 2. The number of carbonyl (C=O) groups excluding carboxylic acids is 1. The van der Waals surface area contributed by atoms with E-state index in [0.717, 1.165) is 48.1 Å². The van der Waals surface area contributed by atoms with Gasteiger partial charge >= 0.3 is 0 Å². The van der Waals surface area contributed by atoms with Crippen LogP contribution in [-0.2, 0) is 17.8 Å². The van der Waals surface area contributed by atoms with Gasteiger partial charge in [0.25, 0.3) is 11.4 Å². The van der Waals surface area contributed by atoms with E-state index in [1.807, 2.05) is 36.1 Å². The third-order valence-electron chi connectivity index (χ3n) is 7.68. The summed E-state index contributed by atoms with van der Waals surface area (Å²) in [5, 5.41) is 22.3. The number of hydrogen-bond acceptors (Lipinski definition) is 5. The highest BCUT2D eigenvalue weighted by Gasteiger charge is 2.50. The Hall–Kier alpha value is -4.07. The van der Waals surface area contributed by atoms with Gasteiger partial charge in [0.15, 0.2) is 0 Å². The van der Waals surface area contributed by atoms with Crippen molar-refractivity contribution in [1.82, 2.24) is 0 Å². The average molecular weight is 502 g/mol. The number of carbonyl (C=O) groups is 1. The molecular formula is C29H31N3O5. The fraction of sp³-hybridized carbons (Fsp3) is 0.345. The molecule has 1 saturated carbocycles. The zero-order valence-corrected chi connectivity index (χ0v) is 21.1. The molecule has 1 amide bonds. The molecule has 192 valence electrons. The smallest absolute Gasteiger partial charge is 0.269 e. The molecule has 0 aliphatic heterocycles. The summed E-state index contributed by atoms with van der Waals surface area (Å²) in [4.78, 5) is 37.9. The molecule has 0 heterocycles. The van der Waals surface area contributed by atoms with E-state index in [4.69, 9.17) is 0 Å². The van der Waals surface area contributed by atoms with Crippen LogP contribution in [0, 0.1) is 38.5 Å². The molecule has 3 aromatic carbocycles. The van der Waals surface area contributed by atoms with Crippen molar-refractivity contribution in [3.63, 3.8) is 0 Å². The Bertz CT molecular complexity index is 1290. The van der Waals surface area contributed by atoms with Gasteiger partial charge in [0.05, 0.1) is 21.8 Å². The SMILES string of the molecule is CCC1CCCC1(Cc1ccc([N+](=O)[O-])cc1)C(=O)N(Cc1ccc([N+](=O)[O-])cc1)c1ccccc1C. The van der Waals surface area contributed by atoms with Crippen molar-refractivity contribution in [3.8, 4) is 0 Å². The lowest BCUT2D eigenvalue weighted by Crippen LogP contribution is -2.47. The van der Waals surface area contributed by atoms with E-state index in [1.54, 1.807) is 24.3 Å². The first-order valence-electron chi connectivity index (χ1n) is 12.6. The number of benzene rings is 3. The van der Waals surface area contributed by atoms with Crippen molar-refractivity contribution < 1.29 is 14.6 Å². The first-order chi connectivity index (χ1) is 17.7. The molecule has 8 nitrogen and oxygen atoms in total. The fourth-order valence-electron chi connectivity index (χ4n) is 5.74. The molecule has 0 radical (unpaired) electrons. The lowest BCUT2D eigenvalue weighted by molar-refractivity contribution is -0.385. The number of hydrogen-bond donors (Lipinski definition) is 0. The van der Waals surface area contributed by atoms with Gasteiger partial charge in [0, 0.05) is 30.0 Å². The van der Waals surface area contributed by atoms with Crippen LogP contribution >= 0.6 is 0 Å². The van der Waals surface area contributed by atoms with Crippen LogP contribution in [-0.4, -0.2) is 15.8 Å². The van der Waals surface area contributed by atoms with E-state index in [0.29, 0.717) is 13.0 Å². The van der Waals surface area contributed by atoms with E-state index in [1.165, 1.54) is 24.3 Å². The molecule has 1 fully saturated rings. The number of amides is 1. The minimum absolute atomic E-state index is 0.00833. The lowest BCUT2D eigenvalue weighted by Gasteiger charge is -2.39. The number of para-hydroxylation sites is 1. The second-order valence-corrected chi connectivity index (χ2v) is 9.86. The maximum absolute atomic E-state index is 14.7. The number of non-ortho nitro benzene ring substituents is 2. The number of aryl methyl sites for hydroxylation is 1. The van der Waals surface area contributed by atoms with Gasteiger partial charge in [0.2, 0.25) is 5.91 Å². The van der Waals surface area contributed by atoms with Gasteiger partial charge in [-0.05, 0) is 54.9 Å². The predicted molar refractivity (Wildman–Crippen MR) is 142 cm³/mol. The van der Waals surface area contributed by atoms with Crippen LogP contribution in [0.5, 0.6) is 0 Å². The van der Waals surface area contributed by atoms with Gasteiger partial charge in [-0.1, -0.05) is 62.2 Å². The predicted octanol–water partition coefficient (Wildman–Crippen LogP) is 6.78. The highest BCUT2D eigenvalue weighted by molar-refractivity contribution is 5.98. The molecule has 2 atom stereocenters. The van der Waals surface area contributed by atoms with Crippen LogP contribution in [0.15, 0.2) is 72.8 Å². The zero-order valence-electron chi connectivity index (χ0n) is 21.1. The molecule has 0 N–H and O–H groups in total. The number of anilines is 1. The van der Waals surface area contributed by atoms with Crippen molar-refractivity contribution in [2.24, 2.45) is 11.3 Å². The summed E-state index contributed by atoms with van der Waals surface area (Å²) in [7, 11) is 0. The van der Waals surface area contributed by atoms with Crippen molar-refractivity contribution in [1.29, 1.82) is 0 Å². The van der Waals surface area contributed by atoms with E-state index in [2.05, 4.69) is 6.92 Å². The Morgan fingerprint density at radius 2 is 1.49 bits per heavy atom. The van der Waals surface area contributed by atoms with E-state index < -0.39 is 15.3 Å². The highest BCUT2D eigenvalue weighted by atomic mass is 16.6. The molecule has 0 saturated heterocycles. The molecule has 0 spiro atoms. The maximum Gasteiger partial charge on any atom is 0.269 e. The molecular weight excluding hydrogens is 470 g/mol. The summed E-state index contributed by atoms with van der Waals surface area (Å²) in [5.41, 5.74) is 2.88. The summed E-state index contributed by atoms with van der Waals surface area (Å²) in [6.07, 6.45) is 4.00. The summed E-state index contributed by atoms with van der Waals surface area (Å²) >= 11 is 0. The average Bonchev–Trinajstić information content (AvgIpc) is 3.31. The molecule has 8 heteroatoms. The van der Waals surface area contributed by atoms with E-state index >= 15 is 0 Å². The topological polar surface area (TPSA) is 107 Å². The van der Waals surface area contributed by atoms with Crippen molar-refractivity contribution in [3.05, 3.63) is 110 Å². The van der Waals surface area contributed by atoms with Crippen LogP contribution in [0.2, 0.25) is 0 Å². The van der Waals surface area contributed by atoms with Gasteiger partial charge in [-0.2, -0.15) is 0 Å². The Labute approximate surface area is 216 Å². The number of nitro groups is 2. The third-order valence-corrected chi connectivity index (χ3v) is 7.68. The van der Waals surface area contributed by atoms with Gasteiger partial charge < -0.3 is 4.90 Å². The van der Waals surface area contributed by atoms with Gasteiger partial charge in [0.1, 0.15) is 0 Å². The Balaban J connectivity index is 1.75. The van der Waals surface area contributed by atoms with Crippen molar-refractivity contribution in [2.75, 3.05) is 4.90 Å². The molecule has 2 unspecified atom stereocenters. The monoisotopic (exact) mass is 501 g/mol. The zero-order chi connectivity index (χ0) is 26.6.